The van der Waals surface area contributed by atoms with E-state index in [2.05, 4.69) is 5.32 Å². The van der Waals surface area contributed by atoms with Gasteiger partial charge in [-0.05, 0) is 36.8 Å². The van der Waals surface area contributed by atoms with Crippen molar-refractivity contribution in [3.63, 3.8) is 0 Å². The van der Waals surface area contributed by atoms with Gasteiger partial charge >= 0.3 is 0 Å². The third kappa shape index (κ3) is 3.52. The summed E-state index contributed by atoms with van der Waals surface area (Å²) in [5.74, 6) is -0.114. The predicted octanol–water partition coefficient (Wildman–Crippen LogP) is 2.71. The number of hydrogen-bond acceptors (Lipinski definition) is 4. The first-order chi connectivity index (χ1) is 10.0. The number of rotatable bonds is 4. The van der Waals surface area contributed by atoms with Crippen LogP contribution in [0.3, 0.4) is 0 Å². The number of phenolic OH excluding ortho intramolecular Hbond substituents is 1. The van der Waals surface area contributed by atoms with Crippen LogP contribution < -0.4 is 10.1 Å². The lowest BCUT2D eigenvalue weighted by atomic mass is 10.1. The average Bonchev–Trinajstić information content (AvgIpc) is 2.47. The van der Waals surface area contributed by atoms with E-state index in [1.165, 1.54) is 19.2 Å². The van der Waals surface area contributed by atoms with Crippen LogP contribution in [0.4, 0.5) is 5.69 Å². The van der Waals surface area contributed by atoms with Gasteiger partial charge in [0.25, 0.3) is 5.91 Å². The number of aliphatic hydroxyl groups is 1. The second kappa shape index (κ2) is 6.28. The van der Waals surface area contributed by atoms with Crippen molar-refractivity contribution in [3.05, 3.63) is 53.6 Å². The van der Waals surface area contributed by atoms with Crippen LogP contribution in [0.15, 0.2) is 42.5 Å². The number of aliphatic hydroxyl groups excluding tert-OH is 1. The zero-order valence-corrected chi connectivity index (χ0v) is 11.8. The predicted molar refractivity (Wildman–Crippen MR) is 79.7 cm³/mol. The van der Waals surface area contributed by atoms with Crippen LogP contribution >= 0.6 is 0 Å². The molecule has 5 nitrogen and oxygen atoms in total. The topological polar surface area (TPSA) is 78.8 Å². The Balaban J connectivity index is 2.20. The molecule has 3 N–H and O–H groups in total. The van der Waals surface area contributed by atoms with Crippen molar-refractivity contribution in [2.45, 2.75) is 13.0 Å². The summed E-state index contributed by atoms with van der Waals surface area (Å²) >= 11 is 0. The number of carbonyl (C=O) groups excluding carboxylic acids is 1. The molecule has 0 aliphatic carbocycles. The Labute approximate surface area is 122 Å². The Bertz CT molecular complexity index is 652. The van der Waals surface area contributed by atoms with Crippen LogP contribution in [0.25, 0.3) is 0 Å². The molecule has 0 aliphatic rings. The minimum Gasteiger partial charge on any atom is -0.507 e. The first-order valence-electron chi connectivity index (χ1n) is 6.47. The van der Waals surface area contributed by atoms with Crippen LogP contribution in [0, 0.1) is 0 Å². The monoisotopic (exact) mass is 287 g/mol. The van der Waals surface area contributed by atoms with Gasteiger partial charge in [-0.3, -0.25) is 4.79 Å². The number of aromatic hydroxyl groups is 1. The van der Waals surface area contributed by atoms with Crippen molar-refractivity contribution in [2.75, 3.05) is 12.4 Å². The van der Waals surface area contributed by atoms with E-state index in [4.69, 9.17) is 4.74 Å². The lowest BCUT2D eigenvalue weighted by molar-refractivity contribution is 0.102. The van der Waals surface area contributed by atoms with Crippen LogP contribution in [-0.2, 0) is 0 Å². The molecule has 2 aromatic carbocycles. The lowest BCUT2D eigenvalue weighted by Crippen LogP contribution is -2.12. The van der Waals surface area contributed by atoms with E-state index in [9.17, 15) is 15.0 Å². The summed E-state index contributed by atoms with van der Waals surface area (Å²) in [6.07, 6.45) is -0.615. The third-order valence-corrected chi connectivity index (χ3v) is 3.08. The molecule has 2 aromatic rings. The van der Waals surface area contributed by atoms with Crippen LogP contribution in [-0.4, -0.2) is 23.2 Å². The van der Waals surface area contributed by atoms with Gasteiger partial charge in [-0.15, -0.1) is 0 Å². The largest absolute Gasteiger partial charge is 0.507 e. The zero-order chi connectivity index (χ0) is 15.4. The van der Waals surface area contributed by atoms with Crippen LogP contribution in [0.1, 0.15) is 28.9 Å². The molecular formula is C16H17NO4. The maximum Gasteiger partial charge on any atom is 0.259 e. The van der Waals surface area contributed by atoms with Gasteiger partial charge in [0, 0.05) is 11.8 Å². The quantitative estimate of drug-likeness (QED) is 0.808. The molecule has 2 rings (SSSR count). The molecule has 1 atom stereocenters. The van der Waals surface area contributed by atoms with Crippen molar-refractivity contribution < 1.29 is 19.7 Å². The first kappa shape index (κ1) is 14.9. The molecule has 1 unspecified atom stereocenters. The molecule has 0 spiro atoms. The van der Waals surface area contributed by atoms with E-state index < -0.39 is 12.0 Å². The molecule has 0 radical (unpaired) electrons. The van der Waals surface area contributed by atoms with Crippen LogP contribution in [0.5, 0.6) is 11.5 Å². The number of benzene rings is 2. The van der Waals surface area contributed by atoms with E-state index in [0.717, 1.165) is 0 Å². The molecule has 5 heteroatoms. The minimum absolute atomic E-state index is 0.151. The summed E-state index contributed by atoms with van der Waals surface area (Å²) < 4.78 is 4.97. The van der Waals surface area contributed by atoms with Gasteiger partial charge in [0.2, 0.25) is 0 Å². The average molecular weight is 287 g/mol. The number of phenols is 1. The molecular weight excluding hydrogens is 270 g/mol. The standard InChI is InChI=1S/C16H17NO4/c1-10(18)11-4-3-5-12(8-11)17-16(20)14-7-6-13(21-2)9-15(14)19/h3-10,18-19H,1-2H3,(H,17,20). The molecule has 0 heterocycles. The van der Waals surface area contributed by atoms with E-state index >= 15 is 0 Å². The summed E-state index contributed by atoms with van der Waals surface area (Å²) in [6.45, 7) is 1.65. The fraction of sp³-hybridized carbons (Fsp3) is 0.188. The SMILES string of the molecule is COc1ccc(C(=O)Nc2cccc(C(C)O)c2)c(O)c1. The van der Waals surface area contributed by atoms with E-state index in [1.54, 1.807) is 37.3 Å². The van der Waals surface area contributed by atoms with Gasteiger partial charge in [-0.1, -0.05) is 12.1 Å². The minimum atomic E-state index is -0.615. The Morgan fingerprint density at radius 2 is 2.00 bits per heavy atom. The van der Waals surface area contributed by atoms with Crippen molar-refractivity contribution in [3.8, 4) is 11.5 Å². The third-order valence-electron chi connectivity index (χ3n) is 3.08. The highest BCUT2D eigenvalue weighted by atomic mass is 16.5. The molecule has 0 bridgehead atoms. The molecule has 1 amide bonds. The number of carbonyl (C=O) groups is 1. The molecule has 0 aromatic heterocycles. The number of methoxy groups -OCH3 is 1. The van der Waals surface area contributed by atoms with Crippen molar-refractivity contribution >= 4 is 11.6 Å². The van der Waals surface area contributed by atoms with Crippen molar-refractivity contribution in [2.24, 2.45) is 0 Å². The summed E-state index contributed by atoms with van der Waals surface area (Å²) in [5, 5.41) is 22.0. The maximum atomic E-state index is 12.1. The van der Waals surface area contributed by atoms with Gasteiger partial charge in [0.05, 0.1) is 18.8 Å². The highest BCUT2D eigenvalue weighted by Crippen LogP contribution is 2.25. The fourth-order valence-electron chi connectivity index (χ4n) is 1.91. The lowest BCUT2D eigenvalue weighted by Gasteiger charge is -2.10. The Hall–Kier alpha value is -2.53. The molecule has 0 fully saturated rings. The Morgan fingerprint density at radius 3 is 2.62 bits per heavy atom. The van der Waals surface area contributed by atoms with Gasteiger partial charge in [0.15, 0.2) is 0 Å². The Kier molecular flexibility index (Phi) is 4.45. The first-order valence-corrected chi connectivity index (χ1v) is 6.47. The number of nitrogens with one attached hydrogen (secondary N) is 1. The normalized spacial score (nSPS) is 11.8. The zero-order valence-electron chi connectivity index (χ0n) is 11.8. The van der Waals surface area contributed by atoms with Gasteiger partial charge < -0.3 is 20.3 Å². The fourth-order valence-corrected chi connectivity index (χ4v) is 1.91. The number of anilines is 1. The highest BCUT2D eigenvalue weighted by Gasteiger charge is 2.12. The summed E-state index contributed by atoms with van der Waals surface area (Å²) in [5.41, 5.74) is 1.40. The van der Waals surface area contributed by atoms with Crippen molar-refractivity contribution in [1.29, 1.82) is 0 Å². The molecule has 0 saturated carbocycles. The molecule has 0 saturated heterocycles. The maximum absolute atomic E-state index is 12.1. The highest BCUT2D eigenvalue weighted by molar-refractivity contribution is 6.06. The smallest absolute Gasteiger partial charge is 0.259 e. The number of ether oxygens (including phenoxy) is 1. The molecule has 21 heavy (non-hydrogen) atoms. The van der Waals surface area contributed by atoms with Gasteiger partial charge in [-0.2, -0.15) is 0 Å². The Morgan fingerprint density at radius 1 is 1.24 bits per heavy atom. The molecule has 0 aliphatic heterocycles. The summed E-state index contributed by atoms with van der Waals surface area (Å²) in [7, 11) is 1.48. The number of amides is 1. The number of hydrogen-bond donors (Lipinski definition) is 3. The van der Waals surface area contributed by atoms with E-state index in [1.807, 2.05) is 0 Å². The van der Waals surface area contributed by atoms with Gasteiger partial charge in [0.1, 0.15) is 11.5 Å². The second-order valence-corrected chi connectivity index (χ2v) is 4.64. The van der Waals surface area contributed by atoms with E-state index in [0.29, 0.717) is 17.0 Å². The summed E-state index contributed by atoms with van der Waals surface area (Å²) in [6, 6.07) is 11.4. The van der Waals surface area contributed by atoms with Gasteiger partial charge in [-0.25, -0.2) is 0 Å². The summed E-state index contributed by atoms with van der Waals surface area (Å²) in [4.78, 5) is 12.1. The molecule has 110 valence electrons. The second-order valence-electron chi connectivity index (χ2n) is 4.64. The van der Waals surface area contributed by atoms with E-state index in [-0.39, 0.29) is 11.3 Å². The van der Waals surface area contributed by atoms with Crippen molar-refractivity contribution in [1.82, 2.24) is 0 Å². The van der Waals surface area contributed by atoms with Crippen LogP contribution in [0.2, 0.25) is 0 Å².